The number of fused-ring (bicyclic) bond motifs is 1. The lowest BCUT2D eigenvalue weighted by atomic mass is 10.1. The van der Waals surface area contributed by atoms with Crippen molar-refractivity contribution in [1.29, 1.82) is 0 Å². The first-order valence-electron chi connectivity index (χ1n) is 7.26. The Morgan fingerprint density at radius 2 is 1.57 bits per heavy atom. The summed E-state index contributed by atoms with van der Waals surface area (Å²) in [5.74, 6) is 0. The molecule has 116 valence electrons. The van der Waals surface area contributed by atoms with Crippen LogP contribution in [0, 0.1) is 0 Å². The predicted octanol–water partition coefficient (Wildman–Crippen LogP) is 1.92. The van der Waals surface area contributed by atoms with Gasteiger partial charge in [0.15, 0.2) is 0 Å². The van der Waals surface area contributed by atoms with Crippen LogP contribution in [-0.2, 0) is 13.1 Å². The molecular weight excluding hydrogens is 292 g/mol. The van der Waals surface area contributed by atoms with Crippen LogP contribution in [0.1, 0.15) is 11.3 Å². The Bertz CT molecular complexity index is 874. The molecule has 3 N–H and O–H groups in total. The summed E-state index contributed by atoms with van der Waals surface area (Å²) in [4.78, 5) is 23.6. The highest BCUT2D eigenvalue weighted by Gasteiger charge is 2.07. The van der Waals surface area contributed by atoms with Crippen molar-refractivity contribution in [1.82, 2.24) is 20.8 Å². The molecule has 0 aliphatic heterocycles. The number of aromatic nitrogens is 2. The average molecular weight is 308 g/mol. The van der Waals surface area contributed by atoms with E-state index >= 15 is 0 Å². The van der Waals surface area contributed by atoms with E-state index in [2.05, 4.69) is 20.8 Å². The molecule has 6 nitrogen and oxygen atoms in total. The minimum absolute atomic E-state index is 0.234. The lowest BCUT2D eigenvalue weighted by molar-refractivity contribution is 0.240. The van der Waals surface area contributed by atoms with Gasteiger partial charge in [-0.05, 0) is 11.6 Å². The molecule has 2 aromatic carbocycles. The van der Waals surface area contributed by atoms with Crippen LogP contribution in [-0.4, -0.2) is 16.2 Å². The summed E-state index contributed by atoms with van der Waals surface area (Å²) in [6.45, 7) is 0.685. The Kier molecular flexibility index (Phi) is 4.33. The second kappa shape index (κ2) is 6.74. The number of hydrogen-bond donors (Lipinski definition) is 3. The maximum Gasteiger partial charge on any atom is 0.315 e. The van der Waals surface area contributed by atoms with Crippen molar-refractivity contribution in [2.45, 2.75) is 13.1 Å². The van der Waals surface area contributed by atoms with Crippen LogP contribution in [0.2, 0.25) is 0 Å². The smallest absolute Gasteiger partial charge is 0.315 e. The highest BCUT2D eigenvalue weighted by molar-refractivity contribution is 5.83. The zero-order valence-corrected chi connectivity index (χ0v) is 12.4. The Balaban J connectivity index is 1.63. The van der Waals surface area contributed by atoms with Crippen LogP contribution in [0.3, 0.4) is 0 Å². The van der Waals surface area contributed by atoms with Crippen LogP contribution < -0.4 is 16.2 Å². The summed E-state index contributed by atoms with van der Waals surface area (Å²) >= 11 is 0. The molecule has 0 spiro atoms. The predicted molar refractivity (Wildman–Crippen MR) is 87.9 cm³/mol. The Morgan fingerprint density at radius 1 is 0.913 bits per heavy atom. The second-order valence-corrected chi connectivity index (χ2v) is 5.07. The molecule has 3 aromatic rings. The van der Waals surface area contributed by atoms with Gasteiger partial charge in [0.25, 0.3) is 5.56 Å². The third-order valence-electron chi connectivity index (χ3n) is 3.49. The second-order valence-electron chi connectivity index (χ2n) is 5.07. The first-order valence-corrected chi connectivity index (χ1v) is 7.26. The number of urea groups is 1. The molecule has 0 aliphatic rings. The molecule has 3 rings (SSSR count). The number of hydrogen-bond acceptors (Lipinski definition) is 3. The summed E-state index contributed by atoms with van der Waals surface area (Å²) in [5.41, 5.74) is 1.41. The normalized spacial score (nSPS) is 10.4. The van der Waals surface area contributed by atoms with Crippen LogP contribution in [0.5, 0.6) is 0 Å². The van der Waals surface area contributed by atoms with E-state index in [0.29, 0.717) is 17.6 Å². The largest absolute Gasteiger partial charge is 0.334 e. The van der Waals surface area contributed by atoms with Gasteiger partial charge in [-0.3, -0.25) is 4.79 Å². The molecule has 0 atom stereocenters. The molecular formula is C17H16N4O2. The first kappa shape index (κ1) is 14.8. The molecule has 0 radical (unpaired) electrons. The molecule has 2 amide bonds. The van der Waals surface area contributed by atoms with Gasteiger partial charge >= 0.3 is 6.03 Å². The first-order chi connectivity index (χ1) is 11.2. The Morgan fingerprint density at radius 3 is 2.35 bits per heavy atom. The van der Waals surface area contributed by atoms with Crippen LogP contribution in [0.4, 0.5) is 4.79 Å². The van der Waals surface area contributed by atoms with Crippen LogP contribution in [0.25, 0.3) is 10.8 Å². The number of rotatable bonds is 4. The molecule has 0 saturated carbocycles. The van der Waals surface area contributed by atoms with Crippen molar-refractivity contribution in [2.75, 3.05) is 0 Å². The standard InChI is InChI=1S/C17H16N4O2/c22-16-14-9-5-4-8-13(14)15(20-21-16)11-19-17(23)18-10-12-6-2-1-3-7-12/h1-9H,10-11H2,(H,21,22)(H2,18,19,23). The van der Waals surface area contributed by atoms with E-state index < -0.39 is 0 Å². The van der Waals surface area contributed by atoms with Crippen molar-refractivity contribution < 1.29 is 4.79 Å². The third kappa shape index (κ3) is 3.55. The minimum atomic E-state index is -0.286. The Hall–Kier alpha value is -3.15. The fraction of sp³-hybridized carbons (Fsp3) is 0.118. The number of carbonyl (C=O) groups excluding carboxylic acids is 1. The summed E-state index contributed by atoms with van der Waals surface area (Å²) in [5, 5.41) is 13.3. The molecule has 0 unspecified atom stereocenters. The number of nitrogens with zero attached hydrogens (tertiary/aromatic N) is 1. The van der Waals surface area contributed by atoms with E-state index in [1.165, 1.54) is 0 Å². The topological polar surface area (TPSA) is 86.9 Å². The van der Waals surface area contributed by atoms with Crippen molar-refractivity contribution in [3.8, 4) is 0 Å². The number of nitrogens with one attached hydrogen (secondary N) is 3. The molecule has 1 heterocycles. The molecule has 0 saturated heterocycles. The van der Waals surface area contributed by atoms with Crippen LogP contribution >= 0.6 is 0 Å². The van der Waals surface area contributed by atoms with Crippen molar-refractivity contribution in [2.24, 2.45) is 0 Å². The lowest BCUT2D eigenvalue weighted by Crippen LogP contribution is -2.35. The summed E-state index contributed by atoms with van der Waals surface area (Å²) < 4.78 is 0. The average Bonchev–Trinajstić information content (AvgIpc) is 2.60. The quantitative estimate of drug-likeness (QED) is 0.688. The maximum absolute atomic E-state index is 11.9. The maximum atomic E-state index is 11.9. The SMILES string of the molecule is O=C(NCc1ccccc1)NCc1n[nH]c(=O)c2ccccc12. The molecule has 0 aliphatic carbocycles. The highest BCUT2D eigenvalue weighted by atomic mass is 16.2. The molecule has 0 fully saturated rings. The van der Waals surface area contributed by atoms with Gasteiger partial charge in [0.1, 0.15) is 0 Å². The number of benzene rings is 2. The van der Waals surface area contributed by atoms with Crippen molar-refractivity contribution in [3.63, 3.8) is 0 Å². The van der Waals surface area contributed by atoms with Crippen molar-refractivity contribution in [3.05, 3.63) is 76.2 Å². The van der Waals surface area contributed by atoms with Gasteiger partial charge in [-0.2, -0.15) is 5.10 Å². The van der Waals surface area contributed by atoms with E-state index in [9.17, 15) is 9.59 Å². The summed E-state index contributed by atoms with van der Waals surface area (Å²) in [6.07, 6.45) is 0. The van der Waals surface area contributed by atoms with Gasteiger partial charge in [-0.1, -0.05) is 48.5 Å². The van der Waals surface area contributed by atoms with Crippen LogP contribution in [0.15, 0.2) is 59.4 Å². The fourth-order valence-electron chi connectivity index (χ4n) is 2.31. The molecule has 23 heavy (non-hydrogen) atoms. The van der Waals surface area contributed by atoms with E-state index in [1.807, 2.05) is 42.5 Å². The van der Waals surface area contributed by atoms with Crippen molar-refractivity contribution >= 4 is 16.8 Å². The fourth-order valence-corrected chi connectivity index (χ4v) is 2.31. The van der Waals surface area contributed by atoms with E-state index in [1.54, 1.807) is 12.1 Å². The Labute approximate surface area is 132 Å². The highest BCUT2D eigenvalue weighted by Crippen LogP contribution is 2.11. The van der Waals surface area contributed by atoms with E-state index in [4.69, 9.17) is 0 Å². The number of H-pyrrole nitrogens is 1. The van der Waals surface area contributed by atoms with Gasteiger partial charge in [0.05, 0.1) is 17.6 Å². The van der Waals surface area contributed by atoms with E-state index in [0.717, 1.165) is 10.9 Å². The van der Waals surface area contributed by atoms with Gasteiger partial charge in [-0.15, -0.1) is 0 Å². The van der Waals surface area contributed by atoms with Gasteiger partial charge in [-0.25, -0.2) is 9.89 Å². The number of amides is 2. The third-order valence-corrected chi connectivity index (χ3v) is 3.49. The number of aromatic amines is 1. The summed E-state index contributed by atoms with van der Waals surface area (Å²) in [7, 11) is 0. The molecule has 0 bridgehead atoms. The summed E-state index contributed by atoms with van der Waals surface area (Å²) in [6, 6.07) is 16.5. The van der Waals surface area contributed by atoms with Gasteiger partial charge in [0.2, 0.25) is 0 Å². The number of carbonyl (C=O) groups is 1. The van der Waals surface area contributed by atoms with E-state index in [-0.39, 0.29) is 18.1 Å². The minimum Gasteiger partial charge on any atom is -0.334 e. The zero-order valence-electron chi connectivity index (χ0n) is 12.4. The van der Waals surface area contributed by atoms with Gasteiger partial charge in [0, 0.05) is 11.9 Å². The molecule has 1 aromatic heterocycles. The molecule has 6 heteroatoms. The zero-order chi connectivity index (χ0) is 16.1. The lowest BCUT2D eigenvalue weighted by Gasteiger charge is -2.08. The monoisotopic (exact) mass is 308 g/mol. The van der Waals surface area contributed by atoms with Gasteiger partial charge < -0.3 is 10.6 Å².